The summed E-state index contributed by atoms with van der Waals surface area (Å²) in [4.78, 5) is 14.5. The average molecular weight is 486 g/mol. The minimum Gasteiger partial charge on any atom is -0.497 e. The zero-order chi connectivity index (χ0) is 24.4. The minimum atomic E-state index is -4.54. The molecule has 3 rings (SSSR count). The Morgan fingerprint density at radius 2 is 1.70 bits per heavy atom. The SMILES string of the molecule is COc1ccc(S(=O)(=O)N2CCC(C(=O)Nc3cc(C(F)(F)F)ccc3N(C)C)CC2)cc1. The molecule has 0 saturated carbocycles. The van der Waals surface area contributed by atoms with Crippen LogP contribution in [0.2, 0.25) is 0 Å². The van der Waals surface area contributed by atoms with Gasteiger partial charge < -0.3 is 15.0 Å². The largest absolute Gasteiger partial charge is 0.497 e. The molecule has 1 aliphatic rings. The smallest absolute Gasteiger partial charge is 0.416 e. The van der Waals surface area contributed by atoms with Crippen molar-refractivity contribution >= 4 is 27.3 Å². The lowest BCUT2D eigenvalue weighted by atomic mass is 9.97. The number of ether oxygens (including phenoxy) is 1. The summed E-state index contributed by atoms with van der Waals surface area (Å²) in [6.07, 6.45) is -4.01. The number of carbonyl (C=O) groups excluding carboxylic acids is 1. The van der Waals surface area contributed by atoms with Crippen LogP contribution in [0.5, 0.6) is 5.75 Å². The lowest BCUT2D eigenvalue weighted by Gasteiger charge is -2.31. The molecule has 11 heteroatoms. The maximum atomic E-state index is 13.1. The van der Waals surface area contributed by atoms with E-state index in [0.717, 1.165) is 12.1 Å². The Bertz CT molecular complexity index is 1090. The molecule has 1 saturated heterocycles. The molecule has 0 aromatic heterocycles. The molecular weight excluding hydrogens is 459 g/mol. The highest BCUT2D eigenvalue weighted by atomic mass is 32.2. The van der Waals surface area contributed by atoms with Crippen molar-refractivity contribution in [1.82, 2.24) is 4.31 Å². The molecule has 0 radical (unpaired) electrons. The van der Waals surface area contributed by atoms with Gasteiger partial charge in [-0.25, -0.2) is 8.42 Å². The number of nitrogens with one attached hydrogen (secondary N) is 1. The Balaban J connectivity index is 1.69. The van der Waals surface area contributed by atoms with Gasteiger partial charge in [0.2, 0.25) is 15.9 Å². The first kappa shape index (κ1) is 24.8. The van der Waals surface area contributed by atoms with E-state index in [0.29, 0.717) is 11.4 Å². The first-order chi connectivity index (χ1) is 15.4. The van der Waals surface area contributed by atoms with Gasteiger partial charge in [0.1, 0.15) is 5.75 Å². The number of rotatable bonds is 6. The van der Waals surface area contributed by atoms with E-state index in [1.165, 1.54) is 29.6 Å². The number of halogens is 3. The fourth-order valence-corrected chi connectivity index (χ4v) is 5.16. The monoisotopic (exact) mass is 485 g/mol. The summed E-state index contributed by atoms with van der Waals surface area (Å²) in [6, 6.07) is 9.23. The number of piperidine rings is 1. The number of amides is 1. The molecule has 0 atom stereocenters. The standard InChI is InChI=1S/C22H26F3N3O4S/c1-27(2)20-9-4-16(22(23,24)25)14-19(20)26-21(29)15-10-12-28(13-11-15)33(30,31)18-7-5-17(32-3)6-8-18/h4-9,14-15H,10-13H2,1-3H3,(H,26,29). The van der Waals surface area contributed by atoms with Crippen LogP contribution in [0.3, 0.4) is 0 Å². The zero-order valence-electron chi connectivity index (χ0n) is 18.5. The van der Waals surface area contributed by atoms with Crippen molar-refractivity contribution in [2.24, 2.45) is 5.92 Å². The molecule has 180 valence electrons. The van der Waals surface area contributed by atoms with Crippen LogP contribution in [0.4, 0.5) is 24.5 Å². The maximum absolute atomic E-state index is 13.1. The van der Waals surface area contributed by atoms with E-state index >= 15 is 0 Å². The van der Waals surface area contributed by atoms with Crippen molar-refractivity contribution in [3.63, 3.8) is 0 Å². The molecule has 2 aromatic rings. The molecule has 0 bridgehead atoms. The summed E-state index contributed by atoms with van der Waals surface area (Å²) in [5.41, 5.74) is -0.354. The fourth-order valence-electron chi connectivity index (χ4n) is 3.69. The van der Waals surface area contributed by atoms with E-state index in [1.54, 1.807) is 31.1 Å². The Kier molecular flexibility index (Phi) is 7.23. The third kappa shape index (κ3) is 5.59. The van der Waals surface area contributed by atoms with E-state index < -0.39 is 33.6 Å². The van der Waals surface area contributed by atoms with Crippen LogP contribution < -0.4 is 15.0 Å². The molecule has 1 heterocycles. The molecule has 1 fully saturated rings. The highest BCUT2D eigenvalue weighted by molar-refractivity contribution is 7.89. The summed E-state index contributed by atoms with van der Waals surface area (Å²) >= 11 is 0. The minimum absolute atomic E-state index is 0.0631. The normalized spacial score (nSPS) is 15.8. The molecule has 0 aliphatic carbocycles. The lowest BCUT2D eigenvalue weighted by Crippen LogP contribution is -2.41. The predicted molar refractivity (Wildman–Crippen MR) is 119 cm³/mol. The van der Waals surface area contributed by atoms with Gasteiger partial charge in [-0.2, -0.15) is 17.5 Å². The van der Waals surface area contributed by atoms with E-state index in [4.69, 9.17) is 4.74 Å². The molecule has 2 aromatic carbocycles. The van der Waals surface area contributed by atoms with E-state index in [1.807, 2.05) is 0 Å². The number of benzene rings is 2. The van der Waals surface area contributed by atoms with Crippen LogP contribution in [-0.4, -0.2) is 52.9 Å². The van der Waals surface area contributed by atoms with Gasteiger partial charge in [0.25, 0.3) is 0 Å². The Morgan fingerprint density at radius 3 is 2.21 bits per heavy atom. The summed E-state index contributed by atoms with van der Waals surface area (Å²) in [7, 11) is 1.10. The molecule has 1 aliphatic heterocycles. The van der Waals surface area contributed by atoms with Gasteiger partial charge in [0.15, 0.2) is 0 Å². The number of anilines is 2. The van der Waals surface area contributed by atoms with Crippen molar-refractivity contribution in [1.29, 1.82) is 0 Å². The van der Waals surface area contributed by atoms with Gasteiger partial charge in [0, 0.05) is 33.1 Å². The molecule has 33 heavy (non-hydrogen) atoms. The fraction of sp³-hybridized carbons (Fsp3) is 0.409. The van der Waals surface area contributed by atoms with E-state index in [9.17, 15) is 26.4 Å². The highest BCUT2D eigenvalue weighted by Gasteiger charge is 2.34. The van der Waals surface area contributed by atoms with Crippen LogP contribution in [0, 0.1) is 5.92 Å². The summed E-state index contributed by atoms with van der Waals surface area (Å²) in [5, 5.41) is 2.61. The van der Waals surface area contributed by atoms with Crippen LogP contribution in [-0.2, 0) is 21.0 Å². The number of alkyl halides is 3. The number of sulfonamides is 1. The number of hydrogen-bond donors (Lipinski definition) is 1. The van der Waals surface area contributed by atoms with Crippen LogP contribution in [0.15, 0.2) is 47.4 Å². The third-order valence-electron chi connectivity index (χ3n) is 5.59. The Morgan fingerprint density at radius 1 is 1.09 bits per heavy atom. The second kappa shape index (κ2) is 9.60. The third-order valence-corrected chi connectivity index (χ3v) is 7.50. The van der Waals surface area contributed by atoms with Crippen molar-refractivity contribution in [3.05, 3.63) is 48.0 Å². The van der Waals surface area contributed by atoms with E-state index in [2.05, 4.69) is 5.32 Å². The molecule has 0 spiro atoms. The van der Waals surface area contributed by atoms with Crippen molar-refractivity contribution in [3.8, 4) is 5.75 Å². The molecular formula is C22H26F3N3O4S. The zero-order valence-corrected chi connectivity index (χ0v) is 19.3. The van der Waals surface area contributed by atoms with Crippen LogP contribution in [0.25, 0.3) is 0 Å². The summed E-state index contributed by atoms with van der Waals surface area (Å²) in [6.45, 7) is 0.269. The van der Waals surface area contributed by atoms with Gasteiger partial charge in [-0.15, -0.1) is 0 Å². The summed E-state index contributed by atoms with van der Waals surface area (Å²) in [5.74, 6) is -0.410. The number of carbonyl (C=O) groups is 1. The topological polar surface area (TPSA) is 79.0 Å². The van der Waals surface area contributed by atoms with Crippen molar-refractivity contribution < 1.29 is 31.1 Å². The van der Waals surface area contributed by atoms with Crippen LogP contribution >= 0.6 is 0 Å². The summed E-state index contributed by atoms with van der Waals surface area (Å²) < 4.78 is 71.5. The second-order valence-corrected chi connectivity index (χ2v) is 9.91. The van der Waals surface area contributed by atoms with Gasteiger partial charge in [0.05, 0.1) is 28.9 Å². The molecule has 1 amide bonds. The number of hydrogen-bond acceptors (Lipinski definition) is 5. The highest BCUT2D eigenvalue weighted by Crippen LogP contribution is 2.35. The first-order valence-electron chi connectivity index (χ1n) is 10.3. The Labute approximate surface area is 191 Å². The molecule has 7 nitrogen and oxygen atoms in total. The first-order valence-corrected chi connectivity index (χ1v) is 11.7. The molecule has 0 unspecified atom stereocenters. The lowest BCUT2D eigenvalue weighted by molar-refractivity contribution is -0.137. The number of nitrogens with zero attached hydrogens (tertiary/aromatic N) is 2. The quantitative estimate of drug-likeness (QED) is 0.673. The second-order valence-electron chi connectivity index (χ2n) is 7.97. The van der Waals surface area contributed by atoms with Gasteiger partial charge in [-0.1, -0.05) is 0 Å². The molecule has 1 N–H and O–H groups in total. The van der Waals surface area contributed by atoms with Crippen LogP contribution in [0.1, 0.15) is 18.4 Å². The number of methoxy groups -OCH3 is 1. The average Bonchev–Trinajstić information content (AvgIpc) is 2.78. The van der Waals surface area contributed by atoms with Gasteiger partial charge in [-0.3, -0.25) is 4.79 Å². The van der Waals surface area contributed by atoms with Gasteiger partial charge in [-0.05, 0) is 55.3 Å². The maximum Gasteiger partial charge on any atom is 0.416 e. The van der Waals surface area contributed by atoms with E-state index in [-0.39, 0.29) is 36.5 Å². The van der Waals surface area contributed by atoms with Gasteiger partial charge >= 0.3 is 6.18 Å². The Hall–Kier alpha value is -2.79. The predicted octanol–water partition coefficient (Wildman–Crippen LogP) is 3.82. The van der Waals surface area contributed by atoms with Crippen molar-refractivity contribution in [2.75, 3.05) is 44.5 Å². The van der Waals surface area contributed by atoms with Crippen molar-refractivity contribution in [2.45, 2.75) is 23.9 Å².